The van der Waals surface area contributed by atoms with E-state index in [9.17, 15) is 4.79 Å². The van der Waals surface area contributed by atoms with Gasteiger partial charge in [-0.05, 0) is 60.3 Å². The van der Waals surface area contributed by atoms with E-state index in [2.05, 4.69) is 32.7 Å². The van der Waals surface area contributed by atoms with Gasteiger partial charge in [0.1, 0.15) is 5.78 Å². The smallest absolute Gasteiger partial charge is 0.132 e. The number of carbonyl (C=O) groups is 1. The average Bonchev–Trinajstić information content (AvgIpc) is 2.73. The Hall–Kier alpha value is -0.190. The van der Waals surface area contributed by atoms with Crippen molar-refractivity contribution in [3.8, 4) is 0 Å². The number of ketones is 1. The first-order valence-corrected chi connectivity index (χ1v) is 7.86. The number of Topliss-reactive ketones (excluding diaryl/α,β-unsaturated/α-hetero) is 1. The summed E-state index contributed by atoms with van der Waals surface area (Å²) in [5, 5.41) is 5.63. The summed E-state index contributed by atoms with van der Waals surface area (Å²) in [6, 6.07) is 2.19. The molecule has 0 saturated heterocycles. The molecule has 0 aliphatic heterocycles. The molecule has 1 fully saturated rings. The van der Waals surface area contributed by atoms with Crippen LogP contribution < -0.4 is 5.32 Å². The number of nitrogens with one attached hydrogen (secondary N) is 1. The molecule has 0 radical (unpaired) electrons. The highest BCUT2D eigenvalue weighted by atomic mass is 79.9. The second-order valence-electron chi connectivity index (χ2n) is 4.67. The van der Waals surface area contributed by atoms with Crippen LogP contribution in [0.25, 0.3) is 0 Å². The molecule has 1 aromatic rings. The molecule has 1 aromatic heterocycles. The van der Waals surface area contributed by atoms with Gasteiger partial charge in [-0.3, -0.25) is 4.79 Å². The van der Waals surface area contributed by atoms with E-state index in [0.717, 1.165) is 45.2 Å². The molecule has 17 heavy (non-hydrogen) atoms. The van der Waals surface area contributed by atoms with E-state index in [4.69, 9.17) is 0 Å². The summed E-state index contributed by atoms with van der Waals surface area (Å²) >= 11 is 5.27. The van der Waals surface area contributed by atoms with Crippen molar-refractivity contribution in [3.63, 3.8) is 0 Å². The van der Waals surface area contributed by atoms with Gasteiger partial charge in [0, 0.05) is 27.6 Å². The Morgan fingerprint density at radius 3 is 2.82 bits per heavy atom. The van der Waals surface area contributed by atoms with Gasteiger partial charge in [-0.25, -0.2) is 0 Å². The van der Waals surface area contributed by atoms with E-state index >= 15 is 0 Å². The molecule has 1 aliphatic carbocycles. The highest BCUT2D eigenvalue weighted by Gasteiger charge is 2.17. The Bertz CT molecular complexity index is 367. The van der Waals surface area contributed by atoms with E-state index in [0.29, 0.717) is 11.7 Å². The summed E-state index contributed by atoms with van der Waals surface area (Å²) in [5.41, 5.74) is 0. The number of hydrogen-bond acceptors (Lipinski definition) is 3. The maximum atomic E-state index is 11.1. The summed E-state index contributed by atoms with van der Waals surface area (Å²) in [7, 11) is 0. The van der Waals surface area contributed by atoms with E-state index in [-0.39, 0.29) is 0 Å². The lowest BCUT2D eigenvalue weighted by molar-refractivity contribution is -0.120. The fourth-order valence-electron chi connectivity index (χ4n) is 2.21. The Morgan fingerprint density at radius 1 is 1.41 bits per heavy atom. The van der Waals surface area contributed by atoms with Crippen molar-refractivity contribution in [2.24, 2.45) is 5.92 Å². The standard InChI is InChI=1S/C13H18BrNOS/c14-11-7-13(17-9-11)5-6-15-8-10-1-3-12(16)4-2-10/h7,9-10,15H,1-6,8H2. The lowest BCUT2D eigenvalue weighted by atomic mass is 9.88. The van der Waals surface area contributed by atoms with Crippen LogP contribution in [0.15, 0.2) is 15.9 Å². The van der Waals surface area contributed by atoms with Crippen LogP contribution in [0.3, 0.4) is 0 Å². The van der Waals surface area contributed by atoms with Gasteiger partial charge < -0.3 is 5.32 Å². The van der Waals surface area contributed by atoms with Crippen molar-refractivity contribution in [2.45, 2.75) is 32.1 Å². The number of halogens is 1. The molecule has 0 atom stereocenters. The number of thiophene rings is 1. The van der Waals surface area contributed by atoms with Crippen molar-refractivity contribution < 1.29 is 4.79 Å². The van der Waals surface area contributed by atoms with E-state index in [1.165, 1.54) is 9.35 Å². The van der Waals surface area contributed by atoms with Gasteiger partial charge in [0.15, 0.2) is 0 Å². The quantitative estimate of drug-likeness (QED) is 0.844. The molecular formula is C13H18BrNOS. The summed E-state index contributed by atoms with van der Waals surface area (Å²) in [6.07, 6.45) is 4.85. The van der Waals surface area contributed by atoms with Crippen molar-refractivity contribution in [2.75, 3.05) is 13.1 Å². The molecule has 0 aromatic carbocycles. The van der Waals surface area contributed by atoms with Gasteiger partial charge in [0.25, 0.3) is 0 Å². The fourth-order valence-corrected chi connectivity index (χ4v) is 3.66. The number of rotatable bonds is 5. The molecule has 0 amide bonds. The van der Waals surface area contributed by atoms with Crippen LogP contribution in [0.2, 0.25) is 0 Å². The predicted molar refractivity (Wildman–Crippen MR) is 75.6 cm³/mol. The maximum absolute atomic E-state index is 11.1. The lowest BCUT2D eigenvalue weighted by Crippen LogP contribution is -2.27. The average molecular weight is 316 g/mol. The zero-order chi connectivity index (χ0) is 12.1. The summed E-state index contributed by atoms with van der Waals surface area (Å²) in [5.74, 6) is 1.16. The highest BCUT2D eigenvalue weighted by Crippen LogP contribution is 2.21. The Balaban J connectivity index is 1.58. The zero-order valence-corrected chi connectivity index (χ0v) is 12.3. The van der Waals surface area contributed by atoms with Gasteiger partial charge in [-0.2, -0.15) is 0 Å². The predicted octanol–water partition coefficient (Wildman–Crippen LogP) is 3.40. The minimum absolute atomic E-state index is 0.449. The second-order valence-corrected chi connectivity index (χ2v) is 6.58. The normalized spacial score (nSPS) is 17.6. The van der Waals surface area contributed by atoms with E-state index in [1.54, 1.807) is 11.3 Å². The minimum atomic E-state index is 0.449. The van der Waals surface area contributed by atoms with Gasteiger partial charge in [-0.1, -0.05) is 0 Å². The summed E-state index contributed by atoms with van der Waals surface area (Å²) in [6.45, 7) is 2.11. The minimum Gasteiger partial charge on any atom is -0.316 e. The first-order chi connectivity index (χ1) is 8.24. The van der Waals surface area contributed by atoms with Crippen LogP contribution in [0.5, 0.6) is 0 Å². The first-order valence-electron chi connectivity index (χ1n) is 6.19. The molecule has 4 heteroatoms. The van der Waals surface area contributed by atoms with Crippen LogP contribution in [0.1, 0.15) is 30.6 Å². The molecule has 0 spiro atoms. The van der Waals surface area contributed by atoms with Crippen LogP contribution >= 0.6 is 27.3 Å². The SMILES string of the molecule is O=C1CCC(CNCCc2cc(Br)cs2)CC1. The molecular weight excluding hydrogens is 298 g/mol. The number of hydrogen-bond donors (Lipinski definition) is 1. The molecule has 2 rings (SSSR count). The molecule has 1 saturated carbocycles. The van der Waals surface area contributed by atoms with Crippen LogP contribution in [-0.2, 0) is 11.2 Å². The third kappa shape index (κ3) is 4.53. The second kappa shape index (κ2) is 6.66. The monoisotopic (exact) mass is 315 g/mol. The molecule has 0 unspecified atom stereocenters. The molecule has 1 aliphatic rings. The van der Waals surface area contributed by atoms with Crippen LogP contribution in [0.4, 0.5) is 0 Å². The molecule has 0 bridgehead atoms. The summed E-state index contributed by atoms with van der Waals surface area (Å²) in [4.78, 5) is 12.5. The van der Waals surface area contributed by atoms with Crippen molar-refractivity contribution in [1.29, 1.82) is 0 Å². The van der Waals surface area contributed by atoms with Gasteiger partial charge in [0.05, 0.1) is 0 Å². The van der Waals surface area contributed by atoms with Gasteiger partial charge >= 0.3 is 0 Å². The zero-order valence-electron chi connectivity index (χ0n) is 9.88. The maximum Gasteiger partial charge on any atom is 0.132 e. The largest absolute Gasteiger partial charge is 0.316 e. The third-order valence-electron chi connectivity index (χ3n) is 3.27. The highest BCUT2D eigenvalue weighted by molar-refractivity contribution is 9.10. The van der Waals surface area contributed by atoms with E-state index < -0.39 is 0 Å². The van der Waals surface area contributed by atoms with Gasteiger partial charge in [-0.15, -0.1) is 11.3 Å². The third-order valence-corrected chi connectivity index (χ3v) is 5.02. The number of carbonyl (C=O) groups excluding carboxylic acids is 1. The van der Waals surface area contributed by atoms with Crippen molar-refractivity contribution in [3.05, 3.63) is 20.8 Å². The molecule has 2 nitrogen and oxygen atoms in total. The molecule has 1 heterocycles. The lowest BCUT2D eigenvalue weighted by Gasteiger charge is -2.21. The topological polar surface area (TPSA) is 29.1 Å². The fraction of sp³-hybridized carbons (Fsp3) is 0.615. The van der Waals surface area contributed by atoms with Crippen LogP contribution in [0, 0.1) is 5.92 Å². The van der Waals surface area contributed by atoms with E-state index in [1.807, 2.05) is 0 Å². The first kappa shape index (κ1) is 13.2. The van der Waals surface area contributed by atoms with Crippen molar-refractivity contribution >= 4 is 33.0 Å². The Labute approximate surface area is 115 Å². The van der Waals surface area contributed by atoms with Crippen molar-refractivity contribution in [1.82, 2.24) is 5.32 Å². The summed E-state index contributed by atoms with van der Waals surface area (Å²) < 4.78 is 1.18. The molecule has 1 N–H and O–H groups in total. The molecule has 94 valence electrons. The van der Waals surface area contributed by atoms with Crippen LogP contribution in [-0.4, -0.2) is 18.9 Å². The van der Waals surface area contributed by atoms with Gasteiger partial charge in [0.2, 0.25) is 0 Å². The Morgan fingerprint density at radius 2 is 2.18 bits per heavy atom. The Kier molecular flexibility index (Phi) is 5.19.